The molecule has 1 atom stereocenters. The second-order valence-electron chi connectivity index (χ2n) is 5.37. The Kier molecular flexibility index (Phi) is 6.03. The molecule has 3 N–H and O–H groups in total. The highest BCUT2D eigenvalue weighted by Crippen LogP contribution is 2.22. The number of hydrogen-bond acceptors (Lipinski definition) is 2. The first-order chi connectivity index (χ1) is 9.05. The van der Waals surface area contributed by atoms with E-state index in [0.29, 0.717) is 6.54 Å². The number of rotatable bonds is 7. The van der Waals surface area contributed by atoms with Gasteiger partial charge >= 0.3 is 0 Å². The van der Waals surface area contributed by atoms with Crippen LogP contribution in [0.4, 0.5) is 5.69 Å². The van der Waals surface area contributed by atoms with Crippen molar-refractivity contribution < 1.29 is 4.79 Å². The third kappa shape index (κ3) is 4.35. The number of carbonyl (C=O) groups is 1. The van der Waals surface area contributed by atoms with Crippen LogP contribution in [0, 0.1) is 5.41 Å². The average molecular weight is 262 g/mol. The van der Waals surface area contributed by atoms with Gasteiger partial charge in [-0.15, -0.1) is 0 Å². The summed E-state index contributed by atoms with van der Waals surface area (Å²) in [7, 11) is 0. The molecular weight excluding hydrogens is 236 g/mol. The standard InChI is InChI=1S/C16H26N2O/c1-4-6-7-13-8-10-14(11-9-13)18-15(19)16(3,5-2)12-17/h8-11H,4-7,12,17H2,1-3H3,(H,18,19). The predicted molar refractivity (Wildman–Crippen MR) is 81.1 cm³/mol. The lowest BCUT2D eigenvalue weighted by Crippen LogP contribution is -2.39. The molecule has 0 radical (unpaired) electrons. The Morgan fingerprint density at radius 1 is 1.26 bits per heavy atom. The Morgan fingerprint density at radius 2 is 1.89 bits per heavy atom. The summed E-state index contributed by atoms with van der Waals surface area (Å²) in [6.45, 7) is 6.44. The lowest BCUT2D eigenvalue weighted by Gasteiger charge is -2.25. The molecule has 0 heterocycles. The minimum atomic E-state index is -0.485. The molecule has 1 rings (SSSR count). The Bertz CT molecular complexity index is 394. The van der Waals surface area contributed by atoms with Crippen LogP contribution in [0.1, 0.15) is 45.6 Å². The maximum absolute atomic E-state index is 12.2. The van der Waals surface area contributed by atoms with Gasteiger partial charge in [0.05, 0.1) is 5.41 Å². The molecule has 0 spiro atoms. The number of hydrogen-bond donors (Lipinski definition) is 2. The summed E-state index contributed by atoms with van der Waals surface area (Å²) in [6, 6.07) is 8.10. The molecule has 1 unspecified atom stereocenters. The molecule has 0 aliphatic heterocycles. The van der Waals surface area contributed by atoms with Crippen molar-refractivity contribution in [1.82, 2.24) is 0 Å². The van der Waals surface area contributed by atoms with E-state index < -0.39 is 5.41 Å². The normalized spacial score (nSPS) is 13.9. The fourth-order valence-corrected chi connectivity index (χ4v) is 1.82. The maximum atomic E-state index is 12.2. The zero-order valence-corrected chi connectivity index (χ0v) is 12.3. The van der Waals surface area contributed by atoms with Crippen molar-refractivity contribution in [3.8, 4) is 0 Å². The molecule has 3 heteroatoms. The molecule has 3 nitrogen and oxygen atoms in total. The Balaban J connectivity index is 2.65. The Labute approximate surface area is 116 Å². The number of carbonyl (C=O) groups excluding carboxylic acids is 1. The molecule has 0 aliphatic rings. The summed E-state index contributed by atoms with van der Waals surface area (Å²) in [5.74, 6) is -0.00110. The number of nitrogens with two attached hydrogens (primary N) is 1. The lowest BCUT2D eigenvalue weighted by molar-refractivity contribution is -0.124. The highest BCUT2D eigenvalue weighted by Gasteiger charge is 2.29. The molecule has 106 valence electrons. The maximum Gasteiger partial charge on any atom is 0.231 e. The summed E-state index contributed by atoms with van der Waals surface area (Å²) >= 11 is 0. The molecule has 1 aromatic rings. The van der Waals surface area contributed by atoms with Gasteiger partial charge in [0, 0.05) is 12.2 Å². The van der Waals surface area contributed by atoms with E-state index in [9.17, 15) is 4.79 Å². The topological polar surface area (TPSA) is 55.1 Å². The predicted octanol–water partition coefficient (Wildman–Crippen LogP) is 3.34. The van der Waals surface area contributed by atoms with Crippen molar-refractivity contribution in [2.24, 2.45) is 11.1 Å². The monoisotopic (exact) mass is 262 g/mol. The summed E-state index contributed by atoms with van der Waals surface area (Å²) in [6.07, 6.45) is 4.24. The van der Waals surface area contributed by atoms with Gasteiger partial charge in [-0.05, 0) is 43.9 Å². The number of aryl methyl sites for hydroxylation is 1. The van der Waals surface area contributed by atoms with E-state index in [0.717, 1.165) is 18.5 Å². The van der Waals surface area contributed by atoms with Crippen LogP contribution in [-0.2, 0) is 11.2 Å². The molecule has 1 amide bonds. The minimum Gasteiger partial charge on any atom is -0.329 e. The number of unbranched alkanes of at least 4 members (excludes halogenated alkanes) is 1. The van der Waals surface area contributed by atoms with Gasteiger partial charge < -0.3 is 11.1 Å². The highest BCUT2D eigenvalue weighted by molar-refractivity contribution is 5.95. The van der Waals surface area contributed by atoms with E-state index in [4.69, 9.17) is 5.73 Å². The van der Waals surface area contributed by atoms with E-state index in [-0.39, 0.29) is 5.91 Å². The Morgan fingerprint density at radius 3 is 2.37 bits per heavy atom. The summed E-state index contributed by atoms with van der Waals surface area (Å²) < 4.78 is 0. The molecular formula is C16H26N2O. The van der Waals surface area contributed by atoms with Gasteiger partial charge in [-0.1, -0.05) is 32.4 Å². The highest BCUT2D eigenvalue weighted by atomic mass is 16.2. The van der Waals surface area contributed by atoms with E-state index in [2.05, 4.69) is 24.4 Å². The first kappa shape index (κ1) is 15.7. The van der Waals surface area contributed by atoms with Crippen LogP contribution in [0.3, 0.4) is 0 Å². The van der Waals surface area contributed by atoms with Crippen LogP contribution >= 0.6 is 0 Å². The van der Waals surface area contributed by atoms with E-state index in [1.54, 1.807) is 0 Å². The molecule has 0 saturated carbocycles. The summed E-state index contributed by atoms with van der Waals surface area (Å²) in [5.41, 5.74) is 7.37. The lowest BCUT2D eigenvalue weighted by atomic mass is 9.86. The molecule has 19 heavy (non-hydrogen) atoms. The molecule has 0 bridgehead atoms. The number of anilines is 1. The first-order valence-corrected chi connectivity index (χ1v) is 7.16. The quantitative estimate of drug-likeness (QED) is 0.791. The van der Waals surface area contributed by atoms with Crippen LogP contribution < -0.4 is 11.1 Å². The second kappa shape index (κ2) is 7.29. The van der Waals surface area contributed by atoms with Crippen molar-refractivity contribution in [3.63, 3.8) is 0 Å². The smallest absolute Gasteiger partial charge is 0.231 e. The molecule has 0 aromatic heterocycles. The summed E-state index contributed by atoms with van der Waals surface area (Å²) in [4.78, 5) is 12.2. The zero-order valence-electron chi connectivity index (χ0n) is 12.3. The number of benzene rings is 1. The van der Waals surface area contributed by atoms with Crippen molar-refractivity contribution in [1.29, 1.82) is 0 Å². The largest absolute Gasteiger partial charge is 0.329 e. The van der Waals surface area contributed by atoms with Crippen LogP contribution in [0.5, 0.6) is 0 Å². The van der Waals surface area contributed by atoms with Crippen LogP contribution in [0.2, 0.25) is 0 Å². The second-order valence-corrected chi connectivity index (χ2v) is 5.37. The van der Waals surface area contributed by atoms with Crippen molar-refractivity contribution in [2.45, 2.75) is 46.5 Å². The van der Waals surface area contributed by atoms with Gasteiger partial charge in [-0.2, -0.15) is 0 Å². The first-order valence-electron chi connectivity index (χ1n) is 7.16. The van der Waals surface area contributed by atoms with Gasteiger partial charge in [0.2, 0.25) is 5.91 Å². The van der Waals surface area contributed by atoms with Gasteiger partial charge in [0.25, 0.3) is 0 Å². The minimum absolute atomic E-state index is 0.00110. The third-order valence-electron chi connectivity index (χ3n) is 3.81. The summed E-state index contributed by atoms with van der Waals surface area (Å²) in [5, 5.41) is 2.95. The van der Waals surface area contributed by atoms with Gasteiger partial charge in [-0.25, -0.2) is 0 Å². The van der Waals surface area contributed by atoms with Crippen LogP contribution in [-0.4, -0.2) is 12.5 Å². The van der Waals surface area contributed by atoms with Crippen molar-refractivity contribution in [2.75, 3.05) is 11.9 Å². The van der Waals surface area contributed by atoms with E-state index in [1.165, 1.54) is 18.4 Å². The third-order valence-corrected chi connectivity index (χ3v) is 3.81. The van der Waals surface area contributed by atoms with Gasteiger partial charge in [-0.3, -0.25) is 4.79 Å². The SMILES string of the molecule is CCCCc1ccc(NC(=O)C(C)(CC)CN)cc1. The number of amides is 1. The van der Waals surface area contributed by atoms with Crippen molar-refractivity contribution >= 4 is 11.6 Å². The van der Waals surface area contributed by atoms with Crippen LogP contribution in [0.15, 0.2) is 24.3 Å². The van der Waals surface area contributed by atoms with E-state index in [1.807, 2.05) is 26.0 Å². The van der Waals surface area contributed by atoms with Crippen molar-refractivity contribution in [3.05, 3.63) is 29.8 Å². The van der Waals surface area contributed by atoms with Crippen LogP contribution in [0.25, 0.3) is 0 Å². The number of nitrogens with one attached hydrogen (secondary N) is 1. The fourth-order valence-electron chi connectivity index (χ4n) is 1.82. The molecule has 1 aromatic carbocycles. The zero-order chi connectivity index (χ0) is 14.3. The average Bonchev–Trinajstić information content (AvgIpc) is 2.45. The van der Waals surface area contributed by atoms with E-state index >= 15 is 0 Å². The molecule has 0 saturated heterocycles. The Hall–Kier alpha value is -1.35. The van der Waals surface area contributed by atoms with Gasteiger partial charge in [0.1, 0.15) is 0 Å². The molecule has 0 aliphatic carbocycles. The fraction of sp³-hybridized carbons (Fsp3) is 0.562. The van der Waals surface area contributed by atoms with Gasteiger partial charge in [0.15, 0.2) is 0 Å². The molecule has 0 fully saturated rings.